The van der Waals surface area contributed by atoms with Crippen molar-refractivity contribution in [3.63, 3.8) is 0 Å². The van der Waals surface area contributed by atoms with Gasteiger partial charge in [-0.15, -0.1) is 0 Å². The number of carbonyl (C=O) groups excluding carboxylic acids is 1. The van der Waals surface area contributed by atoms with E-state index in [1.165, 1.54) is 6.07 Å². The van der Waals surface area contributed by atoms with Crippen LogP contribution in [0.5, 0.6) is 5.75 Å². The summed E-state index contributed by atoms with van der Waals surface area (Å²) in [5.41, 5.74) is 1.19. The van der Waals surface area contributed by atoms with Crippen LogP contribution in [0.3, 0.4) is 0 Å². The highest BCUT2D eigenvalue weighted by molar-refractivity contribution is 5.83. The number of aryl methyl sites for hydroxylation is 1. The van der Waals surface area contributed by atoms with Crippen LogP contribution in [0, 0.1) is 0 Å². The van der Waals surface area contributed by atoms with Gasteiger partial charge in [-0.25, -0.2) is 0 Å². The van der Waals surface area contributed by atoms with Crippen molar-refractivity contribution in [1.82, 2.24) is 20.4 Å². The van der Waals surface area contributed by atoms with Crippen LogP contribution in [0.2, 0.25) is 0 Å². The lowest BCUT2D eigenvalue weighted by Gasteiger charge is -2.21. The Morgan fingerprint density at radius 2 is 2.04 bits per heavy atom. The number of nitrogens with one attached hydrogen (secondary N) is 2. The number of benzene rings is 1. The van der Waals surface area contributed by atoms with Crippen LogP contribution in [-0.2, 0) is 11.8 Å². The standard InChI is InChI=1S/C16H20F2N4O2/c1-10(12-6-4-5-7-13(12)24-16(17)18)21-15(23)14(19-2)11-8-20-22(3)9-11/h4-10,14,16,19H,1-3H3,(H,21,23). The van der Waals surface area contributed by atoms with Crippen LogP contribution in [0.25, 0.3) is 0 Å². The number of para-hydroxylation sites is 1. The Labute approximate surface area is 138 Å². The highest BCUT2D eigenvalue weighted by atomic mass is 19.3. The van der Waals surface area contributed by atoms with Gasteiger partial charge in [-0.3, -0.25) is 9.48 Å². The van der Waals surface area contributed by atoms with Crippen molar-refractivity contribution in [3.8, 4) is 5.75 Å². The predicted octanol–water partition coefficient (Wildman–Crippen LogP) is 2.16. The van der Waals surface area contributed by atoms with E-state index in [2.05, 4.69) is 20.5 Å². The average Bonchev–Trinajstić information content (AvgIpc) is 2.94. The van der Waals surface area contributed by atoms with Crippen molar-refractivity contribution in [2.75, 3.05) is 7.05 Å². The van der Waals surface area contributed by atoms with Gasteiger partial charge in [0.2, 0.25) is 5.91 Å². The minimum absolute atomic E-state index is 0.0442. The molecule has 0 fully saturated rings. The van der Waals surface area contributed by atoms with Crippen LogP contribution in [0.15, 0.2) is 36.7 Å². The van der Waals surface area contributed by atoms with Crippen molar-refractivity contribution in [3.05, 3.63) is 47.8 Å². The van der Waals surface area contributed by atoms with E-state index in [1.54, 1.807) is 56.3 Å². The quantitative estimate of drug-likeness (QED) is 0.812. The zero-order chi connectivity index (χ0) is 17.7. The first-order valence-corrected chi connectivity index (χ1v) is 7.42. The zero-order valence-corrected chi connectivity index (χ0v) is 13.7. The zero-order valence-electron chi connectivity index (χ0n) is 13.7. The van der Waals surface area contributed by atoms with Crippen LogP contribution in [0.1, 0.15) is 30.1 Å². The highest BCUT2D eigenvalue weighted by Crippen LogP contribution is 2.26. The molecule has 2 rings (SSSR count). The third-order valence-electron chi connectivity index (χ3n) is 3.57. The topological polar surface area (TPSA) is 68.2 Å². The maximum absolute atomic E-state index is 12.5. The number of amides is 1. The monoisotopic (exact) mass is 338 g/mol. The molecule has 6 nitrogen and oxygen atoms in total. The van der Waals surface area contributed by atoms with Gasteiger partial charge in [0.15, 0.2) is 0 Å². The number of ether oxygens (including phenoxy) is 1. The van der Waals surface area contributed by atoms with E-state index in [4.69, 9.17) is 0 Å². The minimum atomic E-state index is -2.92. The SMILES string of the molecule is CNC(C(=O)NC(C)c1ccccc1OC(F)F)c1cnn(C)c1. The summed E-state index contributed by atoms with van der Waals surface area (Å²) in [7, 11) is 3.42. The maximum Gasteiger partial charge on any atom is 0.387 e. The van der Waals surface area contributed by atoms with Crippen LogP contribution in [0.4, 0.5) is 8.78 Å². The number of nitrogens with zero attached hydrogens (tertiary/aromatic N) is 2. The third-order valence-corrected chi connectivity index (χ3v) is 3.57. The Hall–Kier alpha value is -2.48. The molecule has 1 aromatic carbocycles. The molecule has 24 heavy (non-hydrogen) atoms. The molecule has 0 aliphatic heterocycles. The summed E-state index contributed by atoms with van der Waals surface area (Å²) >= 11 is 0. The summed E-state index contributed by atoms with van der Waals surface area (Å²) in [6.07, 6.45) is 3.33. The van der Waals surface area contributed by atoms with Gasteiger partial charge in [0.1, 0.15) is 11.8 Å². The number of carbonyl (C=O) groups is 1. The number of hydrogen-bond acceptors (Lipinski definition) is 4. The van der Waals surface area contributed by atoms with Gasteiger partial charge in [0.25, 0.3) is 0 Å². The summed E-state index contributed by atoms with van der Waals surface area (Å²) in [4.78, 5) is 12.5. The summed E-state index contributed by atoms with van der Waals surface area (Å²) in [6, 6.07) is 5.29. The molecular weight excluding hydrogens is 318 g/mol. The van der Waals surface area contributed by atoms with E-state index in [-0.39, 0.29) is 11.7 Å². The predicted molar refractivity (Wildman–Crippen MR) is 84.6 cm³/mol. The molecule has 0 aliphatic carbocycles. The highest BCUT2D eigenvalue weighted by Gasteiger charge is 2.23. The fraction of sp³-hybridized carbons (Fsp3) is 0.375. The number of rotatable bonds is 7. The van der Waals surface area contributed by atoms with E-state index in [0.29, 0.717) is 11.1 Å². The first kappa shape index (κ1) is 17.9. The Bertz CT molecular complexity index is 690. The second-order valence-electron chi connectivity index (χ2n) is 5.32. The van der Waals surface area contributed by atoms with Crippen molar-refractivity contribution >= 4 is 5.91 Å². The van der Waals surface area contributed by atoms with Gasteiger partial charge >= 0.3 is 6.61 Å². The molecule has 1 amide bonds. The molecule has 1 heterocycles. The van der Waals surface area contributed by atoms with Gasteiger partial charge in [-0.05, 0) is 20.0 Å². The molecule has 2 aromatic rings. The van der Waals surface area contributed by atoms with Crippen molar-refractivity contribution in [2.24, 2.45) is 7.05 Å². The van der Waals surface area contributed by atoms with E-state index >= 15 is 0 Å². The molecule has 0 bridgehead atoms. The molecule has 0 radical (unpaired) electrons. The van der Waals surface area contributed by atoms with Gasteiger partial charge in [-0.2, -0.15) is 13.9 Å². The second kappa shape index (κ2) is 7.87. The molecule has 130 valence electrons. The van der Waals surface area contributed by atoms with Crippen molar-refractivity contribution < 1.29 is 18.3 Å². The van der Waals surface area contributed by atoms with Crippen LogP contribution < -0.4 is 15.4 Å². The first-order chi connectivity index (χ1) is 11.4. The van der Waals surface area contributed by atoms with Gasteiger partial charge in [-0.1, -0.05) is 18.2 Å². The Morgan fingerprint density at radius 3 is 2.62 bits per heavy atom. The Balaban J connectivity index is 2.13. The molecule has 0 saturated carbocycles. The normalized spacial score (nSPS) is 13.6. The summed E-state index contributed by atoms with van der Waals surface area (Å²) < 4.78 is 31.1. The van der Waals surface area contributed by atoms with Gasteiger partial charge in [0.05, 0.1) is 12.2 Å². The lowest BCUT2D eigenvalue weighted by Crippen LogP contribution is -2.37. The first-order valence-electron chi connectivity index (χ1n) is 7.42. The molecule has 2 N–H and O–H groups in total. The molecule has 2 unspecified atom stereocenters. The largest absolute Gasteiger partial charge is 0.434 e. The molecule has 0 aliphatic rings. The molecule has 1 aromatic heterocycles. The Kier molecular flexibility index (Phi) is 5.86. The van der Waals surface area contributed by atoms with E-state index in [9.17, 15) is 13.6 Å². The molecule has 0 saturated heterocycles. The van der Waals surface area contributed by atoms with E-state index in [1.807, 2.05) is 0 Å². The van der Waals surface area contributed by atoms with E-state index < -0.39 is 18.7 Å². The molecule has 8 heteroatoms. The number of alkyl halides is 2. The number of likely N-dealkylation sites (N-methyl/N-ethyl adjacent to an activating group) is 1. The number of aromatic nitrogens is 2. The average molecular weight is 338 g/mol. The van der Waals surface area contributed by atoms with Gasteiger partial charge in [0, 0.05) is 24.4 Å². The maximum atomic E-state index is 12.5. The van der Waals surface area contributed by atoms with Crippen LogP contribution >= 0.6 is 0 Å². The molecule has 0 spiro atoms. The summed E-state index contributed by atoms with van der Waals surface area (Å²) in [6.45, 7) is -1.21. The number of halogens is 2. The fourth-order valence-corrected chi connectivity index (χ4v) is 2.45. The van der Waals surface area contributed by atoms with Crippen molar-refractivity contribution in [2.45, 2.75) is 25.6 Å². The fourth-order valence-electron chi connectivity index (χ4n) is 2.45. The third kappa shape index (κ3) is 4.29. The second-order valence-corrected chi connectivity index (χ2v) is 5.32. The minimum Gasteiger partial charge on any atom is -0.434 e. The Morgan fingerprint density at radius 1 is 1.33 bits per heavy atom. The summed E-state index contributed by atoms with van der Waals surface area (Å²) in [5.74, 6) is -0.243. The van der Waals surface area contributed by atoms with Crippen LogP contribution in [-0.4, -0.2) is 29.3 Å². The molecular formula is C16H20F2N4O2. The van der Waals surface area contributed by atoms with Gasteiger partial charge < -0.3 is 15.4 Å². The van der Waals surface area contributed by atoms with Crippen molar-refractivity contribution in [1.29, 1.82) is 0 Å². The lowest BCUT2D eigenvalue weighted by molar-refractivity contribution is -0.123. The number of hydrogen-bond donors (Lipinski definition) is 2. The smallest absolute Gasteiger partial charge is 0.387 e. The summed E-state index contributed by atoms with van der Waals surface area (Å²) in [5, 5.41) is 9.77. The lowest BCUT2D eigenvalue weighted by atomic mass is 10.1. The molecule has 2 atom stereocenters. The van der Waals surface area contributed by atoms with E-state index in [0.717, 1.165) is 0 Å².